The summed E-state index contributed by atoms with van der Waals surface area (Å²) < 4.78 is 0. The van der Waals surface area contributed by atoms with E-state index in [0.29, 0.717) is 0 Å². The topological polar surface area (TPSA) is 23.6 Å². The van der Waals surface area contributed by atoms with E-state index >= 15 is 0 Å². The summed E-state index contributed by atoms with van der Waals surface area (Å²) in [7, 11) is 2.08. The highest BCUT2D eigenvalue weighted by Gasteiger charge is 2.16. The Morgan fingerprint density at radius 2 is 1.82 bits per heavy atom. The third kappa shape index (κ3) is 2.22. The van der Waals surface area contributed by atoms with Gasteiger partial charge in [-0.1, -0.05) is 6.82 Å². The minimum atomic E-state index is 0.195. The van der Waals surface area contributed by atoms with E-state index < -0.39 is 0 Å². The molecule has 61 valence electrons. The lowest BCUT2D eigenvalue weighted by Gasteiger charge is -2.33. The first-order valence-electron chi connectivity index (χ1n) is 4.03. The Morgan fingerprint density at radius 3 is 2.18 bits per heavy atom. The molecule has 0 unspecified atom stereocenters. The van der Waals surface area contributed by atoms with Crippen molar-refractivity contribution < 1.29 is 4.79 Å². The zero-order valence-electron chi connectivity index (χ0n) is 7.21. The molecule has 1 fully saturated rings. The fourth-order valence-corrected chi connectivity index (χ4v) is 1.30. The summed E-state index contributed by atoms with van der Waals surface area (Å²) in [5, 5.41) is 0. The molecule has 1 heterocycles. The average Bonchev–Trinajstić information content (AvgIpc) is 2.05. The van der Waals surface area contributed by atoms with Gasteiger partial charge in [0.15, 0.2) is 0 Å². The van der Waals surface area contributed by atoms with Crippen LogP contribution in [0.5, 0.6) is 0 Å². The highest BCUT2D eigenvalue weighted by molar-refractivity contribution is 6.29. The third-order valence-corrected chi connectivity index (χ3v) is 2.12. The normalized spacial score (nSPS) is 20.0. The Hall–Kier alpha value is -0.505. The number of carbonyl (C=O) groups excluding carboxylic acids is 1. The van der Waals surface area contributed by atoms with Crippen LogP contribution in [0.25, 0.3) is 0 Å². The second-order valence-corrected chi connectivity index (χ2v) is 2.80. The molecule has 0 atom stereocenters. The Bertz CT molecular complexity index is 143. The highest BCUT2D eigenvalue weighted by atomic mass is 16.2. The first kappa shape index (κ1) is 8.59. The van der Waals surface area contributed by atoms with Gasteiger partial charge in [-0.25, -0.2) is 0 Å². The zero-order chi connectivity index (χ0) is 8.27. The molecule has 0 bridgehead atoms. The van der Waals surface area contributed by atoms with Crippen LogP contribution in [0.15, 0.2) is 0 Å². The van der Waals surface area contributed by atoms with Crippen LogP contribution < -0.4 is 0 Å². The maximum Gasteiger partial charge on any atom is 0.219 e. The van der Waals surface area contributed by atoms with Crippen LogP contribution in [-0.2, 0) is 4.79 Å². The summed E-state index contributed by atoms with van der Waals surface area (Å²) in [6.45, 7) is 7.38. The molecule has 1 rings (SSSR count). The predicted octanol–water partition coefficient (Wildman–Crippen LogP) is -0.182. The van der Waals surface area contributed by atoms with Crippen molar-refractivity contribution in [3.63, 3.8) is 0 Å². The van der Waals surface area contributed by atoms with Crippen LogP contribution in [-0.4, -0.2) is 49.2 Å². The van der Waals surface area contributed by atoms with Gasteiger partial charge in [-0.2, -0.15) is 0 Å². The van der Waals surface area contributed by atoms with Gasteiger partial charge in [0.25, 0.3) is 0 Å². The summed E-state index contributed by atoms with van der Waals surface area (Å²) in [6.07, 6.45) is 0. The lowest BCUT2D eigenvalue weighted by Crippen LogP contribution is -2.48. The molecule has 1 radical (unpaired) electrons. The van der Waals surface area contributed by atoms with Crippen molar-refractivity contribution in [2.45, 2.75) is 13.7 Å². The van der Waals surface area contributed by atoms with Crippen molar-refractivity contribution in [1.29, 1.82) is 0 Å². The lowest BCUT2D eigenvalue weighted by atomic mass is 9.95. The monoisotopic (exact) mass is 153 g/mol. The van der Waals surface area contributed by atoms with Crippen LogP contribution in [0.3, 0.4) is 0 Å². The van der Waals surface area contributed by atoms with Crippen molar-refractivity contribution in [3.05, 3.63) is 0 Å². The second kappa shape index (κ2) is 3.76. The van der Waals surface area contributed by atoms with Crippen molar-refractivity contribution >= 4 is 13.3 Å². The van der Waals surface area contributed by atoms with E-state index in [1.807, 2.05) is 11.7 Å². The van der Waals surface area contributed by atoms with Gasteiger partial charge >= 0.3 is 0 Å². The average molecular weight is 153 g/mol. The maximum atomic E-state index is 10.9. The maximum absolute atomic E-state index is 10.9. The quantitative estimate of drug-likeness (QED) is 0.487. The molecule has 0 aromatic carbocycles. The van der Waals surface area contributed by atoms with E-state index in [1.54, 1.807) is 6.92 Å². The van der Waals surface area contributed by atoms with Crippen molar-refractivity contribution in [3.8, 4) is 0 Å². The van der Waals surface area contributed by atoms with E-state index in [2.05, 4.69) is 12.2 Å². The number of piperazine rings is 1. The van der Waals surface area contributed by atoms with E-state index in [1.165, 1.54) is 0 Å². The molecule has 0 N–H and O–H groups in total. The van der Waals surface area contributed by atoms with Crippen LogP contribution in [0.1, 0.15) is 6.92 Å². The fourth-order valence-electron chi connectivity index (χ4n) is 1.30. The summed E-state index contributed by atoms with van der Waals surface area (Å²) in [6, 6.07) is 0. The minimum Gasteiger partial charge on any atom is -0.344 e. The van der Waals surface area contributed by atoms with Gasteiger partial charge in [0.1, 0.15) is 0 Å². The third-order valence-electron chi connectivity index (χ3n) is 2.12. The Labute approximate surface area is 68.6 Å². The molecule has 0 saturated carbocycles. The highest BCUT2D eigenvalue weighted by Crippen LogP contribution is 1.99. The molecule has 1 aliphatic rings. The number of amides is 1. The Balaban J connectivity index is 2.30. The predicted molar refractivity (Wildman–Crippen MR) is 45.4 cm³/mol. The van der Waals surface area contributed by atoms with Gasteiger partial charge in [-0.3, -0.25) is 4.79 Å². The number of hydrogen-bond donors (Lipinski definition) is 0. The summed E-state index contributed by atoms with van der Waals surface area (Å²) >= 11 is 0. The van der Waals surface area contributed by atoms with E-state index in [4.69, 9.17) is 0 Å². The molecule has 1 saturated heterocycles. The van der Waals surface area contributed by atoms with Crippen LogP contribution in [0, 0.1) is 0 Å². The van der Waals surface area contributed by atoms with Gasteiger partial charge in [-0.15, -0.1) is 0 Å². The molecule has 1 amide bonds. The van der Waals surface area contributed by atoms with Crippen LogP contribution in [0.4, 0.5) is 0 Å². The largest absolute Gasteiger partial charge is 0.344 e. The Morgan fingerprint density at radius 1 is 1.27 bits per heavy atom. The van der Waals surface area contributed by atoms with Gasteiger partial charge < -0.3 is 9.71 Å². The lowest BCUT2D eigenvalue weighted by molar-refractivity contribution is -0.129. The zero-order valence-corrected chi connectivity index (χ0v) is 7.21. The molecular weight excluding hydrogens is 139 g/mol. The number of hydrogen-bond acceptors (Lipinski definition) is 2. The van der Waals surface area contributed by atoms with Crippen molar-refractivity contribution in [1.82, 2.24) is 9.71 Å². The molecular formula is C7H14BN2O. The first-order valence-corrected chi connectivity index (χ1v) is 4.03. The molecule has 0 aliphatic carbocycles. The van der Waals surface area contributed by atoms with Crippen LogP contribution >= 0.6 is 0 Å². The second-order valence-electron chi connectivity index (χ2n) is 2.80. The number of rotatable bonds is 1. The molecule has 4 heteroatoms. The number of nitrogens with zero attached hydrogens (tertiary/aromatic N) is 2. The van der Waals surface area contributed by atoms with E-state index in [0.717, 1.165) is 26.2 Å². The SMILES string of the molecule is C[B]N1CCN(C(C)=O)CC1. The smallest absolute Gasteiger partial charge is 0.219 e. The minimum absolute atomic E-state index is 0.195. The molecule has 0 spiro atoms. The number of carbonyl (C=O) groups is 1. The van der Waals surface area contributed by atoms with Gasteiger partial charge in [0.2, 0.25) is 13.3 Å². The summed E-state index contributed by atoms with van der Waals surface area (Å²) in [4.78, 5) is 15.0. The van der Waals surface area contributed by atoms with Gasteiger partial charge in [0, 0.05) is 33.1 Å². The van der Waals surface area contributed by atoms with Crippen molar-refractivity contribution in [2.75, 3.05) is 26.2 Å². The molecule has 1 aliphatic heterocycles. The summed E-state index contributed by atoms with van der Waals surface area (Å²) in [5.41, 5.74) is 0. The van der Waals surface area contributed by atoms with Gasteiger partial charge in [0.05, 0.1) is 0 Å². The molecule has 0 aromatic rings. The molecule has 3 nitrogen and oxygen atoms in total. The van der Waals surface area contributed by atoms with E-state index in [9.17, 15) is 4.79 Å². The fraction of sp³-hybridized carbons (Fsp3) is 0.857. The van der Waals surface area contributed by atoms with E-state index in [-0.39, 0.29) is 5.91 Å². The Kier molecular flexibility index (Phi) is 2.94. The molecule has 11 heavy (non-hydrogen) atoms. The first-order chi connectivity index (χ1) is 5.24. The van der Waals surface area contributed by atoms with Crippen LogP contribution in [0.2, 0.25) is 6.82 Å². The van der Waals surface area contributed by atoms with Crippen molar-refractivity contribution in [2.24, 2.45) is 0 Å². The summed E-state index contributed by atoms with van der Waals surface area (Å²) in [5.74, 6) is 0.195. The standard InChI is InChI=1S/C7H14BN2O/c1-7(11)9-3-5-10(8-2)6-4-9/h3-6H2,1-2H3. The molecule has 0 aromatic heterocycles. The van der Waals surface area contributed by atoms with Gasteiger partial charge in [-0.05, 0) is 0 Å².